The summed E-state index contributed by atoms with van der Waals surface area (Å²) in [4.78, 5) is -0.0710. The predicted octanol–water partition coefficient (Wildman–Crippen LogP) is 1.61. The molecule has 24 heavy (non-hydrogen) atoms. The number of benzene rings is 2. The van der Waals surface area contributed by atoms with Crippen LogP contribution >= 0.6 is 0 Å². The number of sulfonamides is 1. The molecule has 6 nitrogen and oxygen atoms in total. The molecule has 2 N–H and O–H groups in total. The van der Waals surface area contributed by atoms with Gasteiger partial charge in [0, 0.05) is 6.54 Å². The van der Waals surface area contributed by atoms with E-state index in [-0.39, 0.29) is 11.4 Å². The van der Waals surface area contributed by atoms with Gasteiger partial charge in [-0.25, -0.2) is 17.5 Å². The fraction of sp³-hybridized carbons (Fsp3) is 0.250. The molecule has 1 aliphatic rings. The first-order valence-electron chi connectivity index (χ1n) is 7.28. The van der Waals surface area contributed by atoms with E-state index in [1.54, 1.807) is 18.2 Å². The second-order valence-corrected chi connectivity index (χ2v) is 6.99. The molecule has 1 aliphatic heterocycles. The highest BCUT2D eigenvalue weighted by Crippen LogP contribution is 2.32. The number of halogens is 1. The minimum Gasteiger partial charge on any atom is -0.486 e. The Morgan fingerprint density at radius 2 is 1.75 bits per heavy atom. The number of ether oxygens (including phenoxy) is 2. The lowest BCUT2D eigenvalue weighted by Gasteiger charge is -2.20. The average molecular weight is 353 g/mol. The summed E-state index contributed by atoms with van der Waals surface area (Å²) in [5, 5.41) is 10.2. The Morgan fingerprint density at radius 3 is 2.46 bits per heavy atom. The van der Waals surface area contributed by atoms with E-state index in [0.29, 0.717) is 30.3 Å². The van der Waals surface area contributed by atoms with Crippen LogP contribution in [0.4, 0.5) is 4.39 Å². The summed E-state index contributed by atoms with van der Waals surface area (Å²) in [6.07, 6.45) is -1.06. The average Bonchev–Trinajstić information content (AvgIpc) is 2.59. The van der Waals surface area contributed by atoms with Gasteiger partial charge in [0.25, 0.3) is 0 Å². The molecule has 8 heteroatoms. The Kier molecular flexibility index (Phi) is 4.70. The minimum atomic E-state index is -3.83. The van der Waals surface area contributed by atoms with Gasteiger partial charge in [0.05, 0.1) is 11.0 Å². The van der Waals surface area contributed by atoms with Gasteiger partial charge in [-0.05, 0) is 42.0 Å². The summed E-state index contributed by atoms with van der Waals surface area (Å²) in [6, 6.07) is 9.37. The Balaban J connectivity index is 1.68. The largest absolute Gasteiger partial charge is 0.486 e. The lowest BCUT2D eigenvalue weighted by molar-refractivity contribution is 0.165. The monoisotopic (exact) mass is 353 g/mol. The van der Waals surface area contributed by atoms with Crippen LogP contribution in [0, 0.1) is 5.82 Å². The van der Waals surface area contributed by atoms with E-state index in [9.17, 15) is 17.9 Å². The molecule has 0 amide bonds. The Labute approximate surface area is 138 Å². The van der Waals surface area contributed by atoms with E-state index < -0.39 is 21.9 Å². The first kappa shape index (κ1) is 16.7. The van der Waals surface area contributed by atoms with E-state index in [4.69, 9.17) is 9.47 Å². The summed E-state index contributed by atoms with van der Waals surface area (Å²) in [6.45, 7) is 0.662. The molecule has 128 valence electrons. The van der Waals surface area contributed by atoms with Gasteiger partial charge in [-0.3, -0.25) is 0 Å². The predicted molar refractivity (Wildman–Crippen MR) is 84.0 cm³/mol. The van der Waals surface area contributed by atoms with E-state index in [1.807, 2.05) is 0 Å². The van der Waals surface area contributed by atoms with Crippen LogP contribution in [0.5, 0.6) is 11.5 Å². The van der Waals surface area contributed by atoms with Crippen molar-refractivity contribution in [2.45, 2.75) is 11.0 Å². The van der Waals surface area contributed by atoms with Crippen molar-refractivity contribution in [3.05, 3.63) is 53.8 Å². The van der Waals surface area contributed by atoms with Crippen LogP contribution in [-0.2, 0) is 10.0 Å². The first-order valence-corrected chi connectivity index (χ1v) is 8.77. The van der Waals surface area contributed by atoms with Crippen molar-refractivity contribution in [1.82, 2.24) is 4.72 Å². The topological polar surface area (TPSA) is 84.9 Å². The zero-order chi connectivity index (χ0) is 17.2. The molecule has 2 aromatic carbocycles. The quantitative estimate of drug-likeness (QED) is 0.853. The number of hydrogen-bond acceptors (Lipinski definition) is 5. The molecule has 0 saturated carbocycles. The smallest absolute Gasteiger partial charge is 0.240 e. The maximum absolute atomic E-state index is 12.9. The number of aliphatic hydroxyl groups is 1. The van der Waals surface area contributed by atoms with E-state index in [1.165, 1.54) is 0 Å². The Morgan fingerprint density at radius 1 is 1.08 bits per heavy atom. The summed E-state index contributed by atoms with van der Waals surface area (Å²) in [7, 11) is -3.83. The Hall–Kier alpha value is -2.16. The fourth-order valence-corrected chi connectivity index (χ4v) is 3.31. The van der Waals surface area contributed by atoms with Crippen LogP contribution in [0.2, 0.25) is 0 Å². The van der Waals surface area contributed by atoms with Crippen LogP contribution in [0.15, 0.2) is 47.4 Å². The highest BCUT2D eigenvalue weighted by molar-refractivity contribution is 7.89. The molecule has 0 saturated heterocycles. The van der Waals surface area contributed by atoms with Gasteiger partial charge in [-0.1, -0.05) is 6.07 Å². The van der Waals surface area contributed by atoms with Crippen molar-refractivity contribution in [1.29, 1.82) is 0 Å². The summed E-state index contributed by atoms with van der Waals surface area (Å²) >= 11 is 0. The van der Waals surface area contributed by atoms with Crippen molar-refractivity contribution in [2.24, 2.45) is 0 Å². The molecular formula is C16H16FNO5S. The van der Waals surface area contributed by atoms with Crippen molar-refractivity contribution >= 4 is 10.0 Å². The van der Waals surface area contributed by atoms with Crippen LogP contribution < -0.4 is 14.2 Å². The first-order chi connectivity index (χ1) is 11.5. The van der Waals surface area contributed by atoms with E-state index >= 15 is 0 Å². The Bertz CT molecular complexity index is 823. The summed E-state index contributed by atoms with van der Waals surface area (Å²) < 4.78 is 50.2. The lowest BCUT2D eigenvalue weighted by Crippen LogP contribution is -2.28. The lowest BCUT2D eigenvalue weighted by atomic mass is 10.1. The number of hydrogen-bond donors (Lipinski definition) is 2. The second kappa shape index (κ2) is 6.76. The third-order valence-corrected chi connectivity index (χ3v) is 4.98. The maximum atomic E-state index is 12.9. The third-order valence-electron chi connectivity index (χ3n) is 3.54. The molecule has 2 aromatic rings. The van der Waals surface area contributed by atoms with Crippen LogP contribution in [0.1, 0.15) is 11.7 Å². The molecule has 0 aromatic heterocycles. The van der Waals surface area contributed by atoms with E-state index in [0.717, 1.165) is 24.3 Å². The van der Waals surface area contributed by atoms with Gasteiger partial charge in [0.1, 0.15) is 19.0 Å². The highest BCUT2D eigenvalue weighted by atomic mass is 32.2. The molecule has 0 radical (unpaired) electrons. The summed E-state index contributed by atoms with van der Waals surface area (Å²) in [5.41, 5.74) is 0.501. The van der Waals surface area contributed by atoms with Gasteiger partial charge in [-0.15, -0.1) is 0 Å². The molecule has 1 unspecified atom stereocenters. The molecule has 1 heterocycles. The molecule has 1 atom stereocenters. The van der Waals surface area contributed by atoms with Gasteiger partial charge < -0.3 is 14.6 Å². The normalized spacial score (nSPS) is 15.1. The van der Waals surface area contributed by atoms with Crippen LogP contribution in [-0.4, -0.2) is 33.3 Å². The third kappa shape index (κ3) is 3.66. The van der Waals surface area contributed by atoms with Crippen molar-refractivity contribution in [2.75, 3.05) is 19.8 Å². The highest BCUT2D eigenvalue weighted by Gasteiger charge is 2.19. The summed E-state index contributed by atoms with van der Waals surface area (Å²) in [5.74, 6) is 0.577. The number of rotatable bonds is 5. The minimum absolute atomic E-state index is 0.0710. The zero-order valence-corrected chi connectivity index (χ0v) is 13.4. The molecule has 3 rings (SSSR count). The van der Waals surface area contributed by atoms with Crippen molar-refractivity contribution < 1.29 is 27.4 Å². The SMILES string of the molecule is O=S(=O)(NCC(O)c1ccc2c(c1)OCCO2)c1ccc(F)cc1. The molecule has 0 aliphatic carbocycles. The molecule has 0 fully saturated rings. The van der Waals surface area contributed by atoms with Gasteiger partial charge in [-0.2, -0.15) is 0 Å². The fourth-order valence-electron chi connectivity index (χ4n) is 2.27. The zero-order valence-electron chi connectivity index (χ0n) is 12.6. The molecule has 0 spiro atoms. The van der Waals surface area contributed by atoms with Gasteiger partial charge in [0.2, 0.25) is 10.0 Å². The standard InChI is InChI=1S/C16H16FNO5S/c17-12-2-4-13(5-3-12)24(20,21)18-10-14(19)11-1-6-15-16(9-11)23-8-7-22-15/h1-6,9,14,18-19H,7-8,10H2. The number of aliphatic hydroxyl groups excluding tert-OH is 1. The van der Waals surface area contributed by atoms with Crippen molar-refractivity contribution in [3.8, 4) is 11.5 Å². The van der Waals surface area contributed by atoms with Crippen molar-refractivity contribution in [3.63, 3.8) is 0 Å². The molecular weight excluding hydrogens is 337 g/mol. The van der Waals surface area contributed by atoms with E-state index in [2.05, 4.69) is 4.72 Å². The van der Waals surface area contributed by atoms with Crippen LogP contribution in [0.25, 0.3) is 0 Å². The van der Waals surface area contributed by atoms with Crippen LogP contribution in [0.3, 0.4) is 0 Å². The van der Waals surface area contributed by atoms with Gasteiger partial charge in [0.15, 0.2) is 11.5 Å². The number of nitrogens with one attached hydrogen (secondary N) is 1. The second-order valence-electron chi connectivity index (χ2n) is 5.22. The molecule has 0 bridgehead atoms. The maximum Gasteiger partial charge on any atom is 0.240 e. The number of fused-ring (bicyclic) bond motifs is 1. The van der Waals surface area contributed by atoms with Gasteiger partial charge >= 0.3 is 0 Å².